The van der Waals surface area contributed by atoms with Gasteiger partial charge in [0, 0.05) is 30.2 Å². The molecule has 0 unspecified atom stereocenters. The van der Waals surface area contributed by atoms with Gasteiger partial charge in [-0.3, -0.25) is 0 Å². The number of likely N-dealkylation sites (tertiary alicyclic amines) is 1. The van der Waals surface area contributed by atoms with E-state index in [0.717, 1.165) is 25.9 Å². The number of piperidine rings is 1. The Morgan fingerprint density at radius 2 is 2.14 bits per heavy atom. The van der Waals surface area contributed by atoms with E-state index in [-0.39, 0.29) is 6.03 Å². The molecule has 0 bridgehead atoms. The molecule has 4 nitrogen and oxygen atoms in total. The quantitative estimate of drug-likeness (QED) is 0.817. The Kier molecular flexibility index (Phi) is 3.83. The minimum Gasteiger partial charge on any atom is -0.361 e. The Balaban J connectivity index is 1.66. The maximum atomic E-state index is 11.9. The van der Waals surface area contributed by atoms with Crippen LogP contribution in [-0.2, 0) is 0 Å². The summed E-state index contributed by atoms with van der Waals surface area (Å²) in [5, 5.41) is 4.02. The molecule has 3 rings (SSSR count). The lowest BCUT2D eigenvalue weighted by molar-refractivity contribution is 0.183. The van der Waals surface area contributed by atoms with Crippen LogP contribution in [0.25, 0.3) is 10.9 Å². The van der Waals surface area contributed by atoms with E-state index in [1.165, 1.54) is 16.5 Å². The molecule has 2 N–H and O–H groups in total. The summed E-state index contributed by atoms with van der Waals surface area (Å²) in [7, 11) is 0. The number of fused-ring (bicyclic) bond motifs is 1. The maximum Gasteiger partial charge on any atom is 0.318 e. The SMILES string of the molecule is C#CCNC(=O)N1CCC(c2c[nH]c3ccccc23)CC1. The summed E-state index contributed by atoms with van der Waals surface area (Å²) >= 11 is 0. The van der Waals surface area contributed by atoms with Crippen LogP contribution in [0.2, 0.25) is 0 Å². The third kappa shape index (κ3) is 2.73. The molecule has 4 heteroatoms. The van der Waals surface area contributed by atoms with Crippen LogP contribution in [0.3, 0.4) is 0 Å². The molecule has 2 aromatic rings. The molecule has 0 saturated carbocycles. The average molecular weight is 281 g/mol. The van der Waals surface area contributed by atoms with Crippen molar-refractivity contribution < 1.29 is 4.79 Å². The van der Waals surface area contributed by atoms with Crippen molar-refractivity contribution in [2.75, 3.05) is 19.6 Å². The van der Waals surface area contributed by atoms with Gasteiger partial charge < -0.3 is 15.2 Å². The maximum absolute atomic E-state index is 11.9. The predicted octanol–water partition coefficient (Wildman–Crippen LogP) is 2.69. The van der Waals surface area contributed by atoms with Gasteiger partial charge in [0.2, 0.25) is 0 Å². The summed E-state index contributed by atoms with van der Waals surface area (Å²) < 4.78 is 0. The third-order valence-corrected chi connectivity index (χ3v) is 4.18. The number of nitrogens with one attached hydrogen (secondary N) is 2. The number of carbonyl (C=O) groups excluding carboxylic acids is 1. The monoisotopic (exact) mass is 281 g/mol. The highest BCUT2D eigenvalue weighted by Crippen LogP contribution is 2.32. The van der Waals surface area contributed by atoms with Crippen LogP contribution in [-0.4, -0.2) is 35.5 Å². The smallest absolute Gasteiger partial charge is 0.318 e. The molecule has 2 heterocycles. The lowest BCUT2D eigenvalue weighted by Gasteiger charge is -2.31. The van der Waals surface area contributed by atoms with Gasteiger partial charge in [0.15, 0.2) is 0 Å². The molecule has 1 aromatic carbocycles. The summed E-state index contributed by atoms with van der Waals surface area (Å²) in [6.07, 6.45) is 9.26. The molecule has 108 valence electrons. The van der Waals surface area contributed by atoms with Gasteiger partial charge in [-0.25, -0.2) is 4.79 Å². The average Bonchev–Trinajstić information content (AvgIpc) is 2.97. The van der Waals surface area contributed by atoms with Crippen LogP contribution in [0.4, 0.5) is 4.79 Å². The molecule has 1 fully saturated rings. The van der Waals surface area contributed by atoms with Crippen molar-refractivity contribution in [1.29, 1.82) is 0 Å². The van der Waals surface area contributed by atoms with Crippen LogP contribution in [0.5, 0.6) is 0 Å². The van der Waals surface area contributed by atoms with Crippen LogP contribution in [0.1, 0.15) is 24.3 Å². The van der Waals surface area contributed by atoms with Crippen molar-refractivity contribution in [1.82, 2.24) is 15.2 Å². The standard InChI is InChI=1S/C17H19N3O/c1-2-9-18-17(21)20-10-7-13(8-11-20)15-12-19-16-6-4-3-5-14(15)16/h1,3-6,12-13,19H,7-11H2,(H,18,21). The molecule has 1 aliphatic heterocycles. The minimum absolute atomic E-state index is 0.0506. The van der Waals surface area contributed by atoms with Gasteiger partial charge in [-0.05, 0) is 30.4 Å². The number of terminal acetylenes is 1. The van der Waals surface area contributed by atoms with E-state index in [1.54, 1.807) is 0 Å². The second kappa shape index (κ2) is 5.92. The number of benzene rings is 1. The highest BCUT2D eigenvalue weighted by Gasteiger charge is 2.25. The van der Waals surface area contributed by atoms with Crippen molar-refractivity contribution in [2.45, 2.75) is 18.8 Å². The van der Waals surface area contributed by atoms with Crippen LogP contribution in [0, 0.1) is 12.3 Å². The van der Waals surface area contributed by atoms with Gasteiger partial charge in [-0.2, -0.15) is 0 Å². The topological polar surface area (TPSA) is 48.1 Å². The first kappa shape index (κ1) is 13.6. The summed E-state index contributed by atoms with van der Waals surface area (Å²) in [6.45, 7) is 1.85. The van der Waals surface area contributed by atoms with Crippen molar-refractivity contribution in [3.63, 3.8) is 0 Å². The van der Waals surface area contributed by atoms with Crippen molar-refractivity contribution in [3.8, 4) is 12.3 Å². The Morgan fingerprint density at radius 1 is 1.38 bits per heavy atom. The highest BCUT2D eigenvalue weighted by atomic mass is 16.2. The van der Waals surface area contributed by atoms with Gasteiger partial charge in [-0.15, -0.1) is 6.42 Å². The van der Waals surface area contributed by atoms with Crippen LogP contribution >= 0.6 is 0 Å². The number of urea groups is 1. The first-order chi connectivity index (χ1) is 10.3. The summed E-state index contributed by atoms with van der Waals surface area (Å²) in [6, 6.07) is 8.32. The molecule has 2 amide bonds. The molecule has 0 spiro atoms. The molecule has 0 aliphatic carbocycles. The van der Waals surface area contributed by atoms with Crippen molar-refractivity contribution in [3.05, 3.63) is 36.0 Å². The van der Waals surface area contributed by atoms with Gasteiger partial charge in [0.1, 0.15) is 0 Å². The Bertz CT molecular complexity index is 675. The fourth-order valence-electron chi connectivity index (χ4n) is 3.06. The number of H-pyrrole nitrogens is 1. The molecular weight excluding hydrogens is 262 g/mol. The number of para-hydroxylation sites is 1. The van der Waals surface area contributed by atoms with E-state index in [4.69, 9.17) is 6.42 Å². The van der Waals surface area contributed by atoms with Gasteiger partial charge >= 0.3 is 6.03 Å². The zero-order chi connectivity index (χ0) is 14.7. The lowest BCUT2D eigenvalue weighted by Crippen LogP contribution is -2.44. The minimum atomic E-state index is -0.0506. The zero-order valence-electron chi connectivity index (χ0n) is 11.9. The first-order valence-electron chi connectivity index (χ1n) is 7.32. The third-order valence-electron chi connectivity index (χ3n) is 4.18. The molecule has 1 saturated heterocycles. The van der Waals surface area contributed by atoms with E-state index in [9.17, 15) is 4.79 Å². The fraction of sp³-hybridized carbons (Fsp3) is 0.353. The molecule has 0 radical (unpaired) electrons. The van der Waals surface area contributed by atoms with E-state index in [2.05, 4.69) is 40.6 Å². The zero-order valence-corrected chi connectivity index (χ0v) is 11.9. The number of aromatic nitrogens is 1. The van der Waals surface area contributed by atoms with Crippen LogP contribution in [0.15, 0.2) is 30.5 Å². The number of aromatic amines is 1. The van der Waals surface area contributed by atoms with Gasteiger partial charge in [0.05, 0.1) is 6.54 Å². The van der Waals surface area contributed by atoms with Gasteiger partial charge in [0.25, 0.3) is 0 Å². The molecular formula is C17H19N3O. The summed E-state index contributed by atoms with van der Waals surface area (Å²) in [5.74, 6) is 2.94. The fourth-order valence-corrected chi connectivity index (χ4v) is 3.06. The van der Waals surface area contributed by atoms with E-state index < -0.39 is 0 Å². The molecule has 0 atom stereocenters. The van der Waals surface area contributed by atoms with E-state index in [0.29, 0.717) is 12.5 Å². The Labute approximate surface area is 124 Å². The van der Waals surface area contributed by atoms with E-state index in [1.807, 2.05) is 11.0 Å². The number of carbonyl (C=O) groups is 1. The number of hydrogen-bond acceptors (Lipinski definition) is 1. The molecule has 1 aromatic heterocycles. The van der Waals surface area contributed by atoms with Crippen LogP contribution < -0.4 is 5.32 Å². The summed E-state index contributed by atoms with van der Waals surface area (Å²) in [4.78, 5) is 17.1. The number of nitrogens with zero attached hydrogens (tertiary/aromatic N) is 1. The first-order valence-corrected chi connectivity index (χ1v) is 7.32. The lowest BCUT2D eigenvalue weighted by atomic mass is 9.89. The largest absolute Gasteiger partial charge is 0.361 e. The van der Waals surface area contributed by atoms with E-state index >= 15 is 0 Å². The second-order valence-electron chi connectivity index (χ2n) is 5.41. The Hall–Kier alpha value is -2.41. The molecule has 1 aliphatic rings. The van der Waals surface area contributed by atoms with Crippen molar-refractivity contribution in [2.24, 2.45) is 0 Å². The second-order valence-corrected chi connectivity index (χ2v) is 5.41. The normalized spacial score (nSPS) is 15.9. The Morgan fingerprint density at radius 3 is 2.90 bits per heavy atom. The highest BCUT2D eigenvalue weighted by molar-refractivity contribution is 5.83. The van der Waals surface area contributed by atoms with Gasteiger partial charge in [-0.1, -0.05) is 24.1 Å². The number of amides is 2. The predicted molar refractivity (Wildman–Crippen MR) is 84.1 cm³/mol. The summed E-state index contributed by atoms with van der Waals surface area (Å²) in [5.41, 5.74) is 2.55. The number of rotatable bonds is 2. The number of hydrogen-bond donors (Lipinski definition) is 2. The van der Waals surface area contributed by atoms with Crippen molar-refractivity contribution >= 4 is 16.9 Å². The molecule has 21 heavy (non-hydrogen) atoms.